The van der Waals surface area contributed by atoms with Gasteiger partial charge in [0.15, 0.2) is 0 Å². The quantitative estimate of drug-likeness (QED) is 0.547. The molecule has 0 amide bonds. The zero-order chi connectivity index (χ0) is 20.4. The average Bonchev–Trinajstić information content (AvgIpc) is 3.23. The van der Waals surface area contributed by atoms with Crippen LogP contribution in [0, 0.1) is 6.92 Å². The van der Waals surface area contributed by atoms with Gasteiger partial charge in [-0.3, -0.25) is 9.36 Å². The molecule has 0 unspecified atom stereocenters. The van der Waals surface area contributed by atoms with Crippen LogP contribution in [-0.2, 0) is 6.54 Å². The molecule has 2 aromatic carbocycles. The van der Waals surface area contributed by atoms with Crippen molar-refractivity contribution in [2.24, 2.45) is 0 Å². The van der Waals surface area contributed by atoms with Crippen molar-refractivity contribution >= 4 is 16.9 Å². The van der Waals surface area contributed by atoms with Crippen LogP contribution in [0.15, 0.2) is 72.0 Å². The summed E-state index contributed by atoms with van der Waals surface area (Å²) in [5.41, 5.74) is 1.65. The van der Waals surface area contributed by atoms with Gasteiger partial charge in [-0.25, -0.2) is 9.78 Å². The van der Waals surface area contributed by atoms with Gasteiger partial charge in [-0.05, 0) is 55.0 Å². The zero-order valence-corrected chi connectivity index (χ0v) is 15.8. The van der Waals surface area contributed by atoms with Crippen molar-refractivity contribution < 1.29 is 14.6 Å². The number of carboxylic acids is 1. The van der Waals surface area contributed by atoms with Crippen LogP contribution in [0.4, 0.5) is 0 Å². The standard InChI is InChI=1S/C22H19N3O4/c1-15-4-5-16(22(27)28)12-20(15)25-14-23-19-7-6-17(13-18(19)21(25)26)29-11-10-24-8-2-3-9-24/h2-9,12-14H,10-11H2,1H3,(H,27,28). The van der Waals surface area contributed by atoms with E-state index in [0.29, 0.717) is 35.5 Å². The van der Waals surface area contributed by atoms with Crippen LogP contribution in [0.2, 0.25) is 0 Å². The molecule has 29 heavy (non-hydrogen) atoms. The highest BCUT2D eigenvalue weighted by atomic mass is 16.5. The van der Waals surface area contributed by atoms with Gasteiger partial charge in [0.2, 0.25) is 0 Å². The van der Waals surface area contributed by atoms with Crippen molar-refractivity contribution in [2.75, 3.05) is 6.61 Å². The van der Waals surface area contributed by atoms with Crippen LogP contribution in [0.25, 0.3) is 16.6 Å². The fourth-order valence-electron chi connectivity index (χ4n) is 3.15. The Morgan fingerprint density at radius 3 is 2.69 bits per heavy atom. The molecule has 1 N–H and O–H groups in total. The van der Waals surface area contributed by atoms with Gasteiger partial charge in [0.25, 0.3) is 5.56 Å². The SMILES string of the molecule is Cc1ccc(C(=O)O)cc1-n1cnc2ccc(OCCn3cccc3)cc2c1=O. The molecule has 2 heterocycles. The molecule has 0 saturated heterocycles. The normalized spacial score (nSPS) is 10.9. The van der Waals surface area contributed by atoms with Gasteiger partial charge < -0.3 is 14.4 Å². The molecule has 0 aliphatic rings. The first-order chi connectivity index (χ1) is 14.0. The highest BCUT2D eigenvalue weighted by molar-refractivity contribution is 5.88. The third-order valence-electron chi connectivity index (χ3n) is 4.73. The topological polar surface area (TPSA) is 86.3 Å². The molecule has 0 spiro atoms. The first-order valence-corrected chi connectivity index (χ1v) is 9.12. The van der Waals surface area contributed by atoms with E-state index in [1.54, 1.807) is 24.3 Å². The van der Waals surface area contributed by atoms with Crippen LogP contribution < -0.4 is 10.3 Å². The molecule has 7 heteroatoms. The Kier molecular flexibility index (Phi) is 4.87. The number of nitrogens with zero attached hydrogens (tertiary/aromatic N) is 3. The number of aryl methyl sites for hydroxylation is 1. The molecule has 0 atom stereocenters. The summed E-state index contributed by atoms with van der Waals surface area (Å²) in [4.78, 5) is 28.7. The molecule has 2 aromatic heterocycles. The average molecular weight is 389 g/mol. The second kappa shape index (κ2) is 7.63. The Labute approximate surface area is 166 Å². The van der Waals surface area contributed by atoms with Gasteiger partial charge in [-0.2, -0.15) is 0 Å². The highest BCUT2D eigenvalue weighted by Gasteiger charge is 2.12. The molecule has 4 rings (SSSR count). The Balaban J connectivity index is 1.68. The molecule has 0 aliphatic heterocycles. The minimum Gasteiger partial charge on any atom is -0.492 e. The maximum Gasteiger partial charge on any atom is 0.335 e. The van der Waals surface area contributed by atoms with Gasteiger partial charge in [0, 0.05) is 12.4 Å². The van der Waals surface area contributed by atoms with Crippen LogP contribution in [0.1, 0.15) is 15.9 Å². The molecule has 7 nitrogen and oxygen atoms in total. The summed E-state index contributed by atoms with van der Waals surface area (Å²) in [6.45, 7) is 2.98. The van der Waals surface area contributed by atoms with E-state index < -0.39 is 5.97 Å². The molecule has 0 radical (unpaired) electrons. The number of carboxylic acid groups (broad SMARTS) is 1. The number of hydrogen-bond acceptors (Lipinski definition) is 4. The maximum atomic E-state index is 13.1. The number of hydrogen-bond donors (Lipinski definition) is 1. The van der Waals surface area contributed by atoms with Crippen LogP contribution in [-0.4, -0.2) is 31.8 Å². The lowest BCUT2D eigenvalue weighted by Crippen LogP contribution is -2.20. The number of fused-ring (bicyclic) bond motifs is 1. The van der Waals surface area contributed by atoms with E-state index >= 15 is 0 Å². The fourth-order valence-corrected chi connectivity index (χ4v) is 3.15. The smallest absolute Gasteiger partial charge is 0.335 e. The van der Waals surface area contributed by atoms with E-state index in [-0.39, 0.29) is 11.1 Å². The summed E-state index contributed by atoms with van der Waals surface area (Å²) in [7, 11) is 0. The summed E-state index contributed by atoms with van der Waals surface area (Å²) < 4.78 is 9.16. The summed E-state index contributed by atoms with van der Waals surface area (Å²) in [5, 5.41) is 9.66. The lowest BCUT2D eigenvalue weighted by atomic mass is 10.1. The van der Waals surface area contributed by atoms with Gasteiger partial charge in [0.05, 0.1) is 28.7 Å². The third-order valence-corrected chi connectivity index (χ3v) is 4.73. The fraction of sp³-hybridized carbons (Fsp3) is 0.136. The minimum atomic E-state index is -1.05. The number of carbonyl (C=O) groups is 1. The number of rotatable bonds is 6. The van der Waals surface area contributed by atoms with Crippen molar-refractivity contribution in [1.29, 1.82) is 0 Å². The monoisotopic (exact) mass is 389 g/mol. The summed E-state index contributed by atoms with van der Waals surface area (Å²) in [6, 6.07) is 13.8. The predicted octanol–water partition coefficient (Wildman–Crippen LogP) is 3.27. The van der Waals surface area contributed by atoms with Gasteiger partial charge in [-0.1, -0.05) is 6.07 Å². The van der Waals surface area contributed by atoms with E-state index in [2.05, 4.69) is 4.98 Å². The lowest BCUT2D eigenvalue weighted by Gasteiger charge is -2.12. The van der Waals surface area contributed by atoms with E-state index in [1.807, 2.05) is 36.0 Å². The lowest BCUT2D eigenvalue weighted by molar-refractivity contribution is 0.0697. The van der Waals surface area contributed by atoms with E-state index in [4.69, 9.17) is 4.74 Å². The summed E-state index contributed by atoms with van der Waals surface area (Å²) in [6.07, 6.45) is 5.34. The van der Waals surface area contributed by atoms with Crippen LogP contribution in [0.5, 0.6) is 5.75 Å². The van der Waals surface area contributed by atoms with Crippen molar-refractivity contribution in [1.82, 2.24) is 14.1 Å². The molecule has 0 fully saturated rings. The minimum absolute atomic E-state index is 0.111. The summed E-state index contributed by atoms with van der Waals surface area (Å²) >= 11 is 0. The number of benzene rings is 2. The molecule has 0 bridgehead atoms. The van der Waals surface area contributed by atoms with Crippen molar-refractivity contribution in [2.45, 2.75) is 13.5 Å². The van der Waals surface area contributed by atoms with Gasteiger partial charge >= 0.3 is 5.97 Å². The van der Waals surface area contributed by atoms with E-state index in [0.717, 1.165) is 5.56 Å². The van der Waals surface area contributed by atoms with Crippen LogP contribution >= 0.6 is 0 Å². The van der Waals surface area contributed by atoms with E-state index in [9.17, 15) is 14.7 Å². The second-order valence-electron chi connectivity index (χ2n) is 6.67. The zero-order valence-electron chi connectivity index (χ0n) is 15.8. The molecule has 146 valence electrons. The first-order valence-electron chi connectivity index (χ1n) is 9.12. The second-order valence-corrected chi connectivity index (χ2v) is 6.67. The van der Waals surface area contributed by atoms with Crippen molar-refractivity contribution in [3.8, 4) is 11.4 Å². The number of ether oxygens (including phenoxy) is 1. The highest BCUT2D eigenvalue weighted by Crippen LogP contribution is 2.19. The summed E-state index contributed by atoms with van der Waals surface area (Å²) in [5.74, 6) is -0.469. The largest absolute Gasteiger partial charge is 0.492 e. The van der Waals surface area contributed by atoms with Crippen molar-refractivity contribution in [3.05, 3.63) is 88.7 Å². The Morgan fingerprint density at radius 1 is 1.14 bits per heavy atom. The molecule has 0 aliphatic carbocycles. The third kappa shape index (κ3) is 3.75. The molecule has 4 aromatic rings. The maximum absolute atomic E-state index is 13.1. The molecule has 0 saturated carbocycles. The first kappa shape index (κ1) is 18.5. The van der Waals surface area contributed by atoms with Crippen molar-refractivity contribution in [3.63, 3.8) is 0 Å². The van der Waals surface area contributed by atoms with E-state index in [1.165, 1.54) is 23.0 Å². The van der Waals surface area contributed by atoms with Gasteiger partial charge in [-0.15, -0.1) is 0 Å². The van der Waals surface area contributed by atoms with Gasteiger partial charge in [0.1, 0.15) is 18.7 Å². The number of aromatic carboxylic acids is 1. The van der Waals surface area contributed by atoms with Crippen LogP contribution in [0.3, 0.4) is 0 Å². The Morgan fingerprint density at radius 2 is 1.93 bits per heavy atom. The molecular formula is C22H19N3O4. The number of aromatic nitrogens is 3. The molecular weight excluding hydrogens is 370 g/mol. The Bertz CT molecular complexity index is 1240. The Hall–Kier alpha value is -3.87. The predicted molar refractivity (Wildman–Crippen MR) is 109 cm³/mol.